The van der Waals surface area contributed by atoms with E-state index in [2.05, 4.69) is 23.6 Å². The highest BCUT2D eigenvalue weighted by Gasteiger charge is 2.46. The van der Waals surface area contributed by atoms with Gasteiger partial charge in [0.05, 0.1) is 6.61 Å². The minimum Gasteiger partial charge on any atom is -0.475 e. The van der Waals surface area contributed by atoms with Gasteiger partial charge < -0.3 is 14.7 Å². The van der Waals surface area contributed by atoms with Crippen LogP contribution in [0.15, 0.2) is 24.3 Å². The van der Waals surface area contributed by atoms with E-state index in [4.69, 9.17) is 14.6 Å². The van der Waals surface area contributed by atoms with Crippen LogP contribution < -0.4 is 0 Å². The molecule has 2 fully saturated rings. The van der Waals surface area contributed by atoms with Crippen LogP contribution in [0.1, 0.15) is 49.0 Å². The van der Waals surface area contributed by atoms with E-state index in [1.807, 2.05) is 31.2 Å². The Balaban J connectivity index is 0.000000451. The lowest BCUT2D eigenvalue weighted by Gasteiger charge is -2.40. The number of carboxylic acid groups (broad SMARTS) is 1. The maximum atomic E-state index is 12.9. The Morgan fingerprint density at radius 3 is 2.25 bits per heavy atom. The highest BCUT2D eigenvalue weighted by Crippen LogP contribution is 2.44. The van der Waals surface area contributed by atoms with Gasteiger partial charge in [-0.25, -0.2) is 4.79 Å². The van der Waals surface area contributed by atoms with Crippen molar-refractivity contribution in [1.82, 2.24) is 9.80 Å². The minimum absolute atomic E-state index is 0.195. The van der Waals surface area contributed by atoms with Crippen LogP contribution in [-0.2, 0) is 9.53 Å². The number of benzene rings is 1. The highest BCUT2D eigenvalue weighted by molar-refractivity contribution is 5.95. The molecule has 2 aliphatic rings. The Morgan fingerprint density at radius 2 is 1.78 bits per heavy atom. The van der Waals surface area contributed by atoms with Crippen LogP contribution in [0, 0.1) is 12.3 Å². The van der Waals surface area contributed by atoms with Crippen LogP contribution >= 0.6 is 0 Å². The molecule has 0 aliphatic carbocycles. The zero-order chi connectivity index (χ0) is 24.1. The van der Waals surface area contributed by atoms with E-state index >= 15 is 0 Å². The maximum Gasteiger partial charge on any atom is 0.490 e. The van der Waals surface area contributed by atoms with Gasteiger partial charge in [-0.3, -0.25) is 9.69 Å². The normalized spacial score (nSPS) is 20.9. The summed E-state index contributed by atoms with van der Waals surface area (Å²) in [6.45, 7) is 10.3. The second-order valence-electron chi connectivity index (χ2n) is 8.99. The topological polar surface area (TPSA) is 70.1 Å². The van der Waals surface area contributed by atoms with E-state index < -0.39 is 12.1 Å². The third kappa shape index (κ3) is 6.45. The molecule has 1 aromatic rings. The number of rotatable bonds is 4. The summed E-state index contributed by atoms with van der Waals surface area (Å²) >= 11 is 0. The van der Waals surface area contributed by atoms with Crippen LogP contribution in [0.5, 0.6) is 0 Å². The molecule has 3 rings (SSSR count). The molecule has 1 amide bonds. The molecule has 6 nitrogen and oxygen atoms in total. The molecule has 2 heterocycles. The summed E-state index contributed by atoms with van der Waals surface area (Å²) in [4.78, 5) is 26.4. The van der Waals surface area contributed by atoms with Gasteiger partial charge in [-0.1, -0.05) is 18.2 Å². The van der Waals surface area contributed by atoms with Crippen molar-refractivity contribution < 1.29 is 32.6 Å². The first-order valence-corrected chi connectivity index (χ1v) is 10.8. The Kier molecular flexibility index (Phi) is 8.70. The third-order valence-electron chi connectivity index (χ3n) is 6.41. The van der Waals surface area contributed by atoms with Crippen molar-refractivity contribution in [2.24, 2.45) is 5.41 Å². The van der Waals surface area contributed by atoms with E-state index in [9.17, 15) is 18.0 Å². The molecule has 180 valence electrons. The number of halogens is 3. The molecule has 1 atom stereocenters. The lowest BCUT2D eigenvalue weighted by molar-refractivity contribution is -0.192. The summed E-state index contributed by atoms with van der Waals surface area (Å²) in [7, 11) is 1.80. The average Bonchev–Trinajstić information content (AvgIpc) is 3.06. The van der Waals surface area contributed by atoms with Crippen molar-refractivity contribution in [3.05, 3.63) is 35.4 Å². The lowest BCUT2D eigenvalue weighted by atomic mass is 9.76. The number of carbonyl (C=O) groups is 2. The Morgan fingerprint density at radius 1 is 1.22 bits per heavy atom. The molecular formula is C23H33F3N2O4. The van der Waals surface area contributed by atoms with Gasteiger partial charge in [-0.05, 0) is 57.1 Å². The van der Waals surface area contributed by atoms with Crippen molar-refractivity contribution in [2.45, 2.75) is 58.3 Å². The molecule has 0 bridgehead atoms. The summed E-state index contributed by atoms with van der Waals surface area (Å²) < 4.78 is 37.2. The molecular weight excluding hydrogens is 425 g/mol. The quantitative estimate of drug-likeness (QED) is 0.739. The summed E-state index contributed by atoms with van der Waals surface area (Å²) in [5.74, 6) is -2.56. The summed E-state index contributed by atoms with van der Waals surface area (Å²) in [5.41, 5.74) is 2.28. The minimum atomic E-state index is -5.08. The van der Waals surface area contributed by atoms with Gasteiger partial charge >= 0.3 is 12.1 Å². The molecule has 2 aliphatic heterocycles. The van der Waals surface area contributed by atoms with E-state index in [1.54, 1.807) is 7.11 Å². The summed E-state index contributed by atoms with van der Waals surface area (Å²) in [6, 6.07) is 8.98. The molecule has 1 spiro atoms. The van der Waals surface area contributed by atoms with Gasteiger partial charge in [-0.2, -0.15) is 13.2 Å². The highest BCUT2D eigenvalue weighted by atomic mass is 19.4. The van der Waals surface area contributed by atoms with Crippen molar-refractivity contribution in [3.63, 3.8) is 0 Å². The van der Waals surface area contributed by atoms with Crippen molar-refractivity contribution in [3.8, 4) is 0 Å². The molecule has 2 saturated heterocycles. The zero-order valence-electron chi connectivity index (χ0n) is 19.1. The number of alkyl halides is 3. The van der Waals surface area contributed by atoms with Crippen LogP contribution in [0.4, 0.5) is 13.2 Å². The SMILES string of the molecule is COCC1CC2(CCN(C(=O)c3ccccc3C)CC2)CN1C(C)C.O=C(O)C(F)(F)F. The van der Waals surface area contributed by atoms with Gasteiger partial charge in [0.15, 0.2) is 0 Å². The van der Waals surface area contributed by atoms with Crippen LogP contribution in [-0.4, -0.2) is 78.4 Å². The standard InChI is InChI=1S/C21H32N2O2.C2HF3O2/c1-16(2)23-15-21(13-18(23)14-25-4)9-11-22(12-10-21)20(24)19-8-6-5-7-17(19)3;3-2(4,5)1(6)7/h5-8,16,18H,9-15H2,1-4H3;(H,6,7). The monoisotopic (exact) mass is 458 g/mol. The molecule has 1 aromatic carbocycles. The average molecular weight is 459 g/mol. The molecule has 0 saturated carbocycles. The fourth-order valence-corrected chi connectivity index (χ4v) is 4.68. The van der Waals surface area contributed by atoms with Gasteiger partial charge in [0.1, 0.15) is 0 Å². The number of amides is 1. The van der Waals surface area contributed by atoms with Crippen LogP contribution in [0.25, 0.3) is 0 Å². The smallest absolute Gasteiger partial charge is 0.475 e. The van der Waals surface area contributed by atoms with E-state index in [0.29, 0.717) is 17.5 Å². The van der Waals surface area contributed by atoms with E-state index in [-0.39, 0.29) is 5.91 Å². The van der Waals surface area contributed by atoms with Crippen molar-refractivity contribution in [2.75, 3.05) is 33.4 Å². The number of carbonyl (C=O) groups excluding carboxylic acids is 1. The number of ether oxygens (including phenoxy) is 1. The Bertz CT molecular complexity index is 790. The Labute approximate surface area is 187 Å². The van der Waals surface area contributed by atoms with Crippen molar-refractivity contribution in [1.29, 1.82) is 0 Å². The fraction of sp³-hybridized carbons (Fsp3) is 0.652. The Hall–Kier alpha value is -2.13. The zero-order valence-corrected chi connectivity index (χ0v) is 19.1. The van der Waals surface area contributed by atoms with Gasteiger partial charge in [0, 0.05) is 44.4 Å². The number of hydrogen-bond acceptors (Lipinski definition) is 4. The van der Waals surface area contributed by atoms with Crippen LogP contribution in [0.2, 0.25) is 0 Å². The number of aryl methyl sites for hydroxylation is 1. The summed E-state index contributed by atoms with van der Waals surface area (Å²) in [5, 5.41) is 7.12. The van der Waals surface area contributed by atoms with Gasteiger partial charge in [0.2, 0.25) is 0 Å². The number of hydrogen-bond donors (Lipinski definition) is 1. The first kappa shape index (κ1) is 26.1. The fourth-order valence-electron chi connectivity index (χ4n) is 4.68. The molecule has 0 aromatic heterocycles. The molecule has 32 heavy (non-hydrogen) atoms. The van der Waals surface area contributed by atoms with Gasteiger partial charge in [0.25, 0.3) is 5.91 Å². The molecule has 0 radical (unpaired) electrons. The first-order chi connectivity index (χ1) is 14.9. The lowest BCUT2D eigenvalue weighted by Crippen LogP contribution is -2.45. The predicted octanol–water partition coefficient (Wildman–Crippen LogP) is 3.98. The number of piperidine rings is 1. The second kappa shape index (κ2) is 10.7. The predicted molar refractivity (Wildman–Crippen MR) is 115 cm³/mol. The number of carboxylic acids is 1. The number of methoxy groups -OCH3 is 1. The van der Waals surface area contributed by atoms with Crippen LogP contribution in [0.3, 0.4) is 0 Å². The van der Waals surface area contributed by atoms with E-state index in [1.165, 1.54) is 6.42 Å². The number of nitrogens with zero attached hydrogens (tertiary/aromatic N) is 2. The van der Waals surface area contributed by atoms with E-state index in [0.717, 1.165) is 50.2 Å². The van der Waals surface area contributed by atoms with Crippen molar-refractivity contribution >= 4 is 11.9 Å². The molecule has 9 heteroatoms. The number of aliphatic carboxylic acids is 1. The summed E-state index contributed by atoms with van der Waals surface area (Å²) in [6.07, 6.45) is -1.67. The maximum absolute atomic E-state index is 12.9. The first-order valence-electron chi connectivity index (χ1n) is 10.8. The molecule has 1 N–H and O–H groups in total. The van der Waals surface area contributed by atoms with Gasteiger partial charge in [-0.15, -0.1) is 0 Å². The largest absolute Gasteiger partial charge is 0.490 e. The molecule has 1 unspecified atom stereocenters. The second-order valence-corrected chi connectivity index (χ2v) is 8.99. The number of likely N-dealkylation sites (tertiary alicyclic amines) is 2. The third-order valence-corrected chi connectivity index (χ3v) is 6.41.